The van der Waals surface area contributed by atoms with Gasteiger partial charge in [-0.2, -0.15) is 10.2 Å². The van der Waals surface area contributed by atoms with Gasteiger partial charge in [0.2, 0.25) is 0 Å². The fourth-order valence-electron chi connectivity index (χ4n) is 3.39. The molecule has 5 heteroatoms. The zero-order valence-electron chi connectivity index (χ0n) is 17.6. The number of azo groups is 1. The van der Waals surface area contributed by atoms with Crippen molar-refractivity contribution in [2.24, 2.45) is 10.2 Å². The number of benzene rings is 4. The van der Waals surface area contributed by atoms with E-state index in [-0.39, 0.29) is 0 Å². The molecule has 0 aliphatic carbocycles. The Morgan fingerprint density at radius 3 is 1.35 bits per heavy atom. The highest BCUT2D eigenvalue weighted by Crippen LogP contribution is 2.42. The maximum atomic E-state index is 14.3. The number of rotatable bonds is 6. The Morgan fingerprint density at radius 1 is 0.548 bits per heavy atom. The van der Waals surface area contributed by atoms with Crippen LogP contribution in [0.25, 0.3) is 0 Å². The van der Waals surface area contributed by atoms with Crippen LogP contribution < -0.4 is 20.8 Å². The van der Waals surface area contributed by atoms with Crippen LogP contribution in [0.4, 0.5) is 17.1 Å². The van der Waals surface area contributed by atoms with Crippen LogP contribution in [-0.4, -0.2) is 14.1 Å². The molecule has 0 aliphatic heterocycles. The van der Waals surface area contributed by atoms with Gasteiger partial charge in [-0.25, -0.2) is 0 Å². The van der Waals surface area contributed by atoms with Crippen molar-refractivity contribution in [2.45, 2.75) is 0 Å². The number of nitrogens with zero attached hydrogens (tertiary/aromatic N) is 3. The summed E-state index contributed by atoms with van der Waals surface area (Å²) in [6.07, 6.45) is 0. The van der Waals surface area contributed by atoms with Crippen LogP contribution in [0, 0.1) is 0 Å². The third-order valence-electron chi connectivity index (χ3n) is 5.10. The highest BCUT2D eigenvalue weighted by molar-refractivity contribution is 7.85. The molecule has 0 aromatic heterocycles. The molecule has 4 aromatic rings. The maximum Gasteiger partial charge on any atom is 0.171 e. The average molecular weight is 425 g/mol. The summed E-state index contributed by atoms with van der Waals surface area (Å²) in [6, 6.07) is 34.7. The van der Waals surface area contributed by atoms with Crippen LogP contribution in [0.2, 0.25) is 0 Å². The molecular weight excluding hydrogens is 401 g/mol. The molecule has 0 unspecified atom stereocenters. The van der Waals surface area contributed by atoms with Crippen LogP contribution in [0.5, 0.6) is 0 Å². The van der Waals surface area contributed by atoms with Crippen molar-refractivity contribution in [3.8, 4) is 0 Å². The van der Waals surface area contributed by atoms with E-state index in [1.54, 1.807) is 0 Å². The van der Waals surface area contributed by atoms with E-state index in [4.69, 9.17) is 0 Å². The van der Waals surface area contributed by atoms with Gasteiger partial charge in [0.15, 0.2) is 7.14 Å². The topological polar surface area (TPSA) is 45.0 Å². The van der Waals surface area contributed by atoms with E-state index < -0.39 is 7.14 Å². The lowest BCUT2D eigenvalue weighted by Gasteiger charge is -2.19. The van der Waals surface area contributed by atoms with Crippen molar-refractivity contribution in [1.29, 1.82) is 0 Å². The van der Waals surface area contributed by atoms with Crippen LogP contribution in [0.3, 0.4) is 0 Å². The van der Waals surface area contributed by atoms with Gasteiger partial charge >= 0.3 is 0 Å². The first-order chi connectivity index (χ1) is 15.1. The predicted molar refractivity (Wildman–Crippen MR) is 131 cm³/mol. The molecule has 0 saturated carbocycles. The van der Waals surface area contributed by atoms with Gasteiger partial charge in [-0.15, -0.1) is 0 Å². The summed E-state index contributed by atoms with van der Waals surface area (Å²) in [7, 11) is 1.04. The lowest BCUT2D eigenvalue weighted by atomic mass is 10.3. The first kappa shape index (κ1) is 20.8. The third-order valence-corrected chi connectivity index (χ3v) is 8.18. The van der Waals surface area contributed by atoms with Crippen molar-refractivity contribution < 1.29 is 4.57 Å². The Hall–Kier alpha value is -3.49. The zero-order valence-corrected chi connectivity index (χ0v) is 18.5. The van der Waals surface area contributed by atoms with E-state index in [0.717, 1.165) is 27.3 Å². The van der Waals surface area contributed by atoms with Gasteiger partial charge in [-0.1, -0.05) is 60.7 Å². The summed E-state index contributed by atoms with van der Waals surface area (Å²) in [6.45, 7) is 0. The van der Waals surface area contributed by atoms with Crippen molar-refractivity contribution in [2.75, 3.05) is 19.0 Å². The molecule has 0 radical (unpaired) electrons. The van der Waals surface area contributed by atoms with E-state index in [0.29, 0.717) is 5.69 Å². The Bertz CT molecular complexity index is 1160. The maximum absolute atomic E-state index is 14.3. The van der Waals surface area contributed by atoms with Crippen LogP contribution in [-0.2, 0) is 4.57 Å². The van der Waals surface area contributed by atoms with Crippen LogP contribution in [0.15, 0.2) is 119 Å². The summed E-state index contributed by atoms with van der Waals surface area (Å²) in [4.78, 5) is 2.04. The minimum absolute atomic E-state index is 0.716. The highest BCUT2D eigenvalue weighted by Gasteiger charge is 2.29. The minimum Gasteiger partial charge on any atom is -0.378 e. The van der Waals surface area contributed by atoms with Crippen molar-refractivity contribution in [3.05, 3.63) is 109 Å². The summed E-state index contributed by atoms with van der Waals surface area (Å²) in [5, 5.41) is 11.1. The second-order valence-electron chi connectivity index (χ2n) is 7.41. The average Bonchev–Trinajstić information content (AvgIpc) is 2.84. The molecule has 154 valence electrons. The van der Waals surface area contributed by atoms with Gasteiger partial charge in [0.25, 0.3) is 0 Å². The van der Waals surface area contributed by atoms with E-state index in [2.05, 4.69) is 10.2 Å². The highest BCUT2D eigenvalue weighted by atomic mass is 31.2. The van der Waals surface area contributed by atoms with Crippen LogP contribution in [0.1, 0.15) is 0 Å². The molecule has 0 spiro atoms. The van der Waals surface area contributed by atoms with E-state index >= 15 is 0 Å². The van der Waals surface area contributed by atoms with Crippen molar-refractivity contribution in [1.82, 2.24) is 0 Å². The first-order valence-electron chi connectivity index (χ1n) is 10.1. The standard InChI is InChI=1S/C26H24N3OP/c1-29(2)23-17-13-21(14-18-23)27-28-22-15-19-26(20-16-22)31(30,24-9-5-3-6-10-24)25-11-7-4-8-12-25/h3-20H,1-2H3. The van der Waals surface area contributed by atoms with Crippen molar-refractivity contribution in [3.63, 3.8) is 0 Å². The number of hydrogen-bond donors (Lipinski definition) is 0. The summed E-state index contributed by atoms with van der Waals surface area (Å²) < 4.78 is 14.3. The van der Waals surface area contributed by atoms with E-state index in [9.17, 15) is 4.57 Å². The lowest BCUT2D eigenvalue weighted by Crippen LogP contribution is -2.24. The molecule has 0 aliphatic rings. The predicted octanol–water partition coefficient (Wildman–Crippen LogP) is 5.81. The molecule has 4 aromatic carbocycles. The quantitative estimate of drug-likeness (QED) is 0.289. The molecule has 0 atom stereocenters. The van der Waals surface area contributed by atoms with Crippen molar-refractivity contribution >= 4 is 40.1 Å². The summed E-state index contributed by atoms with van der Waals surface area (Å²) in [5.74, 6) is 0. The van der Waals surface area contributed by atoms with Gasteiger partial charge in [0.05, 0.1) is 11.4 Å². The Balaban J connectivity index is 1.64. The monoisotopic (exact) mass is 425 g/mol. The fourth-order valence-corrected chi connectivity index (χ4v) is 6.03. The first-order valence-corrected chi connectivity index (χ1v) is 11.8. The third kappa shape index (κ3) is 4.50. The molecule has 0 saturated heterocycles. The summed E-state index contributed by atoms with van der Waals surface area (Å²) >= 11 is 0. The fraction of sp³-hybridized carbons (Fsp3) is 0.0769. The second-order valence-corrected chi connectivity index (χ2v) is 10.2. The zero-order chi connectivity index (χ0) is 21.7. The second kappa shape index (κ2) is 9.11. The molecule has 0 fully saturated rings. The minimum atomic E-state index is -2.97. The lowest BCUT2D eigenvalue weighted by molar-refractivity contribution is 0.592. The van der Waals surface area contributed by atoms with E-state index in [1.807, 2.05) is 128 Å². The molecule has 0 amide bonds. The van der Waals surface area contributed by atoms with Gasteiger partial charge in [0.1, 0.15) is 0 Å². The number of anilines is 1. The van der Waals surface area contributed by atoms with Gasteiger partial charge in [-0.3, -0.25) is 0 Å². The largest absolute Gasteiger partial charge is 0.378 e. The molecular formula is C26H24N3OP. The normalized spacial score (nSPS) is 11.5. The summed E-state index contributed by atoms with van der Waals surface area (Å²) in [5.41, 5.74) is 2.61. The Labute approximate surface area is 183 Å². The van der Waals surface area contributed by atoms with Gasteiger partial charge in [0, 0.05) is 35.7 Å². The number of hydrogen-bond acceptors (Lipinski definition) is 4. The molecule has 4 rings (SSSR count). The molecule has 4 nitrogen and oxygen atoms in total. The molecule has 31 heavy (non-hydrogen) atoms. The van der Waals surface area contributed by atoms with Gasteiger partial charge < -0.3 is 9.46 Å². The van der Waals surface area contributed by atoms with E-state index in [1.165, 1.54) is 0 Å². The Kier molecular flexibility index (Phi) is 6.11. The van der Waals surface area contributed by atoms with Crippen LogP contribution >= 0.6 is 7.14 Å². The SMILES string of the molecule is CN(C)c1ccc(N=Nc2ccc(P(=O)(c3ccccc3)c3ccccc3)cc2)cc1. The molecule has 0 N–H and O–H groups in total. The smallest absolute Gasteiger partial charge is 0.171 e. The van der Waals surface area contributed by atoms with Gasteiger partial charge in [-0.05, 0) is 48.5 Å². The molecule has 0 bridgehead atoms. The molecule has 0 heterocycles. The Morgan fingerprint density at radius 2 is 0.935 bits per heavy atom.